The van der Waals surface area contributed by atoms with Gasteiger partial charge in [-0.25, -0.2) is 4.68 Å². The summed E-state index contributed by atoms with van der Waals surface area (Å²) >= 11 is 6.11. The number of benzene rings is 2. The number of para-hydroxylation sites is 1. The van der Waals surface area contributed by atoms with Crippen molar-refractivity contribution in [3.05, 3.63) is 72.0 Å². The summed E-state index contributed by atoms with van der Waals surface area (Å²) in [6, 6.07) is 16.9. The number of aromatic nitrogens is 2. The van der Waals surface area contributed by atoms with Crippen LogP contribution in [-0.2, 0) is 4.79 Å². The van der Waals surface area contributed by atoms with Gasteiger partial charge in [0.1, 0.15) is 0 Å². The third kappa shape index (κ3) is 4.00. The van der Waals surface area contributed by atoms with Crippen LogP contribution < -0.4 is 10.2 Å². The second-order valence-electron chi connectivity index (χ2n) is 5.44. The summed E-state index contributed by atoms with van der Waals surface area (Å²) in [4.78, 5) is 14.4. The number of halogens is 1. The molecule has 3 rings (SSSR count). The van der Waals surface area contributed by atoms with Crippen LogP contribution in [0, 0.1) is 0 Å². The average Bonchev–Trinajstić information content (AvgIpc) is 3.16. The van der Waals surface area contributed by atoms with Crippen LogP contribution in [0.5, 0.6) is 0 Å². The van der Waals surface area contributed by atoms with Crippen molar-refractivity contribution in [2.24, 2.45) is 0 Å². The highest BCUT2D eigenvalue weighted by molar-refractivity contribution is 6.31. The summed E-state index contributed by atoms with van der Waals surface area (Å²) in [7, 11) is 0. The minimum absolute atomic E-state index is 0.0138. The summed E-state index contributed by atoms with van der Waals surface area (Å²) in [5.41, 5.74) is 2.48. The minimum Gasteiger partial charge on any atom is -0.374 e. The number of carbonyl (C=O) groups excluding carboxylic acids is 1. The third-order valence-corrected chi connectivity index (χ3v) is 4.06. The Balaban J connectivity index is 1.77. The quantitative estimate of drug-likeness (QED) is 0.728. The molecule has 0 fully saturated rings. The second-order valence-corrected chi connectivity index (χ2v) is 5.88. The van der Waals surface area contributed by atoms with E-state index < -0.39 is 0 Å². The fourth-order valence-electron chi connectivity index (χ4n) is 2.64. The first kappa shape index (κ1) is 17.0. The van der Waals surface area contributed by atoms with E-state index in [1.54, 1.807) is 27.9 Å². The van der Waals surface area contributed by atoms with E-state index in [1.807, 2.05) is 55.6 Å². The molecule has 0 spiro atoms. The SMILES string of the molecule is CCN(C(=O)CNc1cc(Cl)ccc1-n1cccn1)c1ccccc1. The lowest BCUT2D eigenvalue weighted by Crippen LogP contribution is -2.35. The Kier molecular flexibility index (Phi) is 5.36. The standard InChI is InChI=1S/C19H19ClN4O/c1-2-23(16-7-4-3-5-8-16)19(25)14-21-17-13-15(20)9-10-18(17)24-12-6-11-22-24/h3-13,21H,2,14H2,1H3. The van der Waals surface area contributed by atoms with Gasteiger partial charge in [-0.3, -0.25) is 4.79 Å². The lowest BCUT2D eigenvalue weighted by Gasteiger charge is -2.22. The Morgan fingerprint density at radius 3 is 2.68 bits per heavy atom. The maximum atomic E-state index is 12.6. The summed E-state index contributed by atoms with van der Waals surface area (Å²) in [6.07, 6.45) is 3.55. The van der Waals surface area contributed by atoms with Gasteiger partial charge in [0, 0.05) is 29.6 Å². The Morgan fingerprint density at radius 1 is 1.20 bits per heavy atom. The molecule has 25 heavy (non-hydrogen) atoms. The topological polar surface area (TPSA) is 50.2 Å². The molecule has 2 aromatic carbocycles. The molecule has 5 nitrogen and oxygen atoms in total. The van der Waals surface area contributed by atoms with Crippen molar-refractivity contribution in [3.8, 4) is 5.69 Å². The van der Waals surface area contributed by atoms with Crippen LogP contribution >= 0.6 is 11.6 Å². The predicted octanol–water partition coefficient (Wildman–Crippen LogP) is 3.99. The molecule has 128 valence electrons. The average molecular weight is 355 g/mol. The Hall–Kier alpha value is -2.79. The lowest BCUT2D eigenvalue weighted by molar-refractivity contribution is -0.116. The van der Waals surface area contributed by atoms with E-state index in [0.29, 0.717) is 11.6 Å². The maximum absolute atomic E-state index is 12.6. The monoisotopic (exact) mass is 354 g/mol. The fraction of sp³-hybridized carbons (Fsp3) is 0.158. The molecule has 0 saturated carbocycles. The molecule has 0 aliphatic rings. The number of nitrogens with zero attached hydrogens (tertiary/aromatic N) is 3. The van der Waals surface area contributed by atoms with E-state index in [2.05, 4.69) is 10.4 Å². The molecule has 0 atom stereocenters. The van der Waals surface area contributed by atoms with Crippen molar-refractivity contribution < 1.29 is 4.79 Å². The van der Waals surface area contributed by atoms with Gasteiger partial charge in [-0.2, -0.15) is 5.10 Å². The number of nitrogens with one attached hydrogen (secondary N) is 1. The normalized spacial score (nSPS) is 10.5. The highest BCUT2D eigenvalue weighted by Gasteiger charge is 2.14. The van der Waals surface area contributed by atoms with Crippen LogP contribution in [0.2, 0.25) is 5.02 Å². The van der Waals surface area contributed by atoms with Gasteiger partial charge in [0.2, 0.25) is 5.91 Å². The molecule has 1 aromatic heterocycles. The molecule has 1 amide bonds. The highest BCUT2D eigenvalue weighted by atomic mass is 35.5. The van der Waals surface area contributed by atoms with E-state index in [9.17, 15) is 4.79 Å². The summed E-state index contributed by atoms with van der Waals surface area (Å²) in [5, 5.41) is 8.03. The van der Waals surface area contributed by atoms with Crippen molar-refractivity contribution >= 4 is 28.9 Å². The van der Waals surface area contributed by atoms with E-state index in [-0.39, 0.29) is 12.5 Å². The molecule has 0 unspecified atom stereocenters. The Labute approximate surface area is 151 Å². The van der Waals surface area contributed by atoms with Crippen LogP contribution in [0.1, 0.15) is 6.92 Å². The van der Waals surface area contributed by atoms with Crippen molar-refractivity contribution in [3.63, 3.8) is 0 Å². The molecule has 0 aliphatic heterocycles. The first-order valence-corrected chi connectivity index (χ1v) is 8.45. The van der Waals surface area contributed by atoms with Crippen molar-refractivity contribution in [1.29, 1.82) is 0 Å². The zero-order valence-corrected chi connectivity index (χ0v) is 14.6. The highest BCUT2D eigenvalue weighted by Crippen LogP contribution is 2.24. The lowest BCUT2D eigenvalue weighted by atomic mass is 10.2. The van der Waals surface area contributed by atoms with Crippen LogP contribution in [0.15, 0.2) is 67.0 Å². The number of carbonyl (C=O) groups is 1. The number of likely N-dealkylation sites (N-methyl/N-ethyl adjacent to an activating group) is 1. The van der Waals surface area contributed by atoms with Crippen LogP contribution in [0.4, 0.5) is 11.4 Å². The fourth-order valence-corrected chi connectivity index (χ4v) is 2.81. The van der Waals surface area contributed by atoms with Gasteiger partial charge in [-0.05, 0) is 43.3 Å². The molecule has 3 aromatic rings. The van der Waals surface area contributed by atoms with Crippen LogP contribution in [0.3, 0.4) is 0 Å². The molecule has 0 radical (unpaired) electrons. The van der Waals surface area contributed by atoms with Gasteiger partial charge in [0.05, 0.1) is 17.9 Å². The van der Waals surface area contributed by atoms with E-state index >= 15 is 0 Å². The zero-order valence-electron chi connectivity index (χ0n) is 13.9. The van der Waals surface area contributed by atoms with E-state index in [4.69, 9.17) is 11.6 Å². The predicted molar refractivity (Wildman–Crippen MR) is 102 cm³/mol. The third-order valence-electron chi connectivity index (χ3n) is 3.83. The number of hydrogen-bond donors (Lipinski definition) is 1. The minimum atomic E-state index is -0.0138. The van der Waals surface area contributed by atoms with Gasteiger partial charge in [0.15, 0.2) is 0 Å². The van der Waals surface area contributed by atoms with Crippen molar-refractivity contribution in [2.45, 2.75) is 6.92 Å². The van der Waals surface area contributed by atoms with Gasteiger partial charge in [0.25, 0.3) is 0 Å². The van der Waals surface area contributed by atoms with Gasteiger partial charge >= 0.3 is 0 Å². The van der Waals surface area contributed by atoms with E-state index in [1.165, 1.54) is 0 Å². The number of amides is 1. The first-order chi connectivity index (χ1) is 12.2. The smallest absolute Gasteiger partial charge is 0.246 e. The maximum Gasteiger partial charge on any atom is 0.246 e. The molecule has 0 aliphatic carbocycles. The van der Waals surface area contributed by atoms with Gasteiger partial charge < -0.3 is 10.2 Å². The number of anilines is 2. The number of hydrogen-bond acceptors (Lipinski definition) is 3. The largest absolute Gasteiger partial charge is 0.374 e. The van der Waals surface area contributed by atoms with E-state index in [0.717, 1.165) is 17.1 Å². The first-order valence-electron chi connectivity index (χ1n) is 8.08. The molecular weight excluding hydrogens is 336 g/mol. The molecular formula is C19H19ClN4O. The summed E-state index contributed by atoms with van der Waals surface area (Å²) in [6.45, 7) is 2.73. The van der Waals surface area contributed by atoms with Gasteiger partial charge in [-0.1, -0.05) is 29.8 Å². The molecule has 6 heteroatoms. The second kappa shape index (κ2) is 7.85. The van der Waals surface area contributed by atoms with Crippen LogP contribution in [-0.4, -0.2) is 28.8 Å². The van der Waals surface area contributed by atoms with Crippen molar-refractivity contribution in [2.75, 3.05) is 23.3 Å². The Bertz CT molecular complexity index is 834. The summed E-state index contributed by atoms with van der Waals surface area (Å²) < 4.78 is 1.73. The molecule has 0 bridgehead atoms. The molecule has 1 N–H and O–H groups in total. The van der Waals surface area contributed by atoms with Crippen LogP contribution in [0.25, 0.3) is 5.69 Å². The number of rotatable bonds is 6. The van der Waals surface area contributed by atoms with Gasteiger partial charge in [-0.15, -0.1) is 0 Å². The summed E-state index contributed by atoms with van der Waals surface area (Å²) in [5.74, 6) is -0.0138. The molecule has 0 saturated heterocycles. The Morgan fingerprint density at radius 2 is 2.00 bits per heavy atom. The van der Waals surface area contributed by atoms with Crippen molar-refractivity contribution in [1.82, 2.24) is 9.78 Å². The zero-order chi connectivity index (χ0) is 17.6. The molecule has 1 heterocycles.